The van der Waals surface area contributed by atoms with Crippen molar-refractivity contribution in [2.75, 3.05) is 0 Å². The number of nitrogens with one attached hydrogen (secondary N) is 2. The smallest absolute Gasteiger partial charge is 0.263 e. The van der Waals surface area contributed by atoms with Crippen molar-refractivity contribution in [2.24, 2.45) is 0 Å². The predicted octanol–water partition coefficient (Wildman–Crippen LogP) is 4.14. The highest BCUT2D eigenvalue weighted by Gasteiger charge is 2.26. The first-order chi connectivity index (χ1) is 12.8. The molecule has 2 aromatic rings. The van der Waals surface area contributed by atoms with Gasteiger partial charge >= 0.3 is 0 Å². The van der Waals surface area contributed by atoms with Gasteiger partial charge in [0.25, 0.3) is 11.8 Å². The van der Waals surface area contributed by atoms with Crippen LogP contribution in [0.2, 0.25) is 15.1 Å². The molecule has 0 atom stereocenters. The molecule has 3 rings (SSSR count). The summed E-state index contributed by atoms with van der Waals surface area (Å²) in [7, 11) is 0. The lowest BCUT2D eigenvalue weighted by Crippen LogP contribution is -2.51. The molecule has 0 aliphatic carbocycles. The maximum absolute atomic E-state index is 12.1. The Kier molecular flexibility index (Phi) is 6.01. The average molecular weight is 442 g/mol. The lowest BCUT2D eigenvalue weighted by Gasteiger charge is -2.17. The van der Waals surface area contributed by atoms with E-state index >= 15 is 0 Å². The van der Waals surface area contributed by atoms with E-state index in [9.17, 15) is 9.59 Å². The number of thiocarbonyl (C=S) groups is 1. The normalized spacial score (nSPS) is 13.9. The number of rotatable bonds is 4. The predicted molar refractivity (Wildman–Crippen MR) is 109 cm³/mol. The number of hydrogen-bond donors (Lipinski definition) is 2. The molecule has 1 heterocycles. The monoisotopic (exact) mass is 440 g/mol. The van der Waals surface area contributed by atoms with Crippen LogP contribution in [0.3, 0.4) is 0 Å². The quantitative estimate of drug-likeness (QED) is 0.425. The Balaban J connectivity index is 1.97. The Morgan fingerprint density at radius 3 is 2.33 bits per heavy atom. The lowest BCUT2D eigenvalue weighted by atomic mass is 10.1. The average Bonchev–Trinajstić information content (AvgIpc) is 2.58. The molecule has 2 N–H and O–H groups in total. The summed E-state index contributed by atoms with van der Waals surface area (Å²) < 4.78 is 5.81. The standard InChI is InChI=1S/C18H11Cl3N2O3S/c19-11-5-10(6-12-16(24)22-18(27)23-17(12)25)15(14(21)7-11)26-8-9-3-1-2-4-13(9)20/h1-7H,8H2,(H2,22,23,24,25,27). The van der Waals surface area contributed by atoms with Crippen molar-refractivity contribution in [3.8, 4) is 5.75 Å². The molecule has 1 aliphatic heterocycles. The number of ether oxygens (including phenoxy) is 1. The van der Waals surface area contributed by atoms with E-state index in [4.69, 9.17) is 51.8 Å². The van der Waals surface area contributed by atoms with Gasteiger partial charge in [-0.1, -0.05) is 53.0 Å². The van der Waals surface area contributed by atoms with Crippen LogP contribution >= 0.6 is 47.0 Å². The Morgan fingerprint density at radius 2 is 1.67 bits per heavy atom. The van der Waals surface area contributed by atoms with Crippen LogP contribution in [0.4, 0.5) is 0 Å². The minimum absolute atomic E-state index is 0.0542. The second-order valence-corrected chi connectivity index (χ2v) is 7.14. The third kappa shape index (κ3) is 4.59. The van der Waals surface area contributed by atoms with Gasteiger partial charge in [0.15, 0.2) is 5.11 Å². The van der Waals surface area contributed by atoms with Crippen LogP contribution in [0.1, 0.15) is 11.1 Å². The highest BCUT2D eigenvalue weighted by atomic mass is 35.5. The molecule has 1 aliphatic rings. The molecular weight excluding hydrogens is 431 g/mol. The van der Waals surface area contributed by atoms with Crippen molar-refractivity contribution < 1.29 is 14.3 Å². The highest BCUT2D eigenvalue weighted by molar-refractivity contribution is 7.80. The van der Waals surface area contributed by atoms with E-state index < -0.39 is 11.8 Å². The molecule has 1 saturated heterocycles. The summed E-state index contributed by atoms with van der Waals surface area (Å²) in [6, 6.07) is 10.2. The molecule has 138 valence electrons. The Bertz CT molecular complexity index is 970. The Hall–Kier alpha value is -2.12. The number of hydrogen-bond acceptors (Lipinski definition) is 4. The highest BCUT2D eigenvalue weighted by Crippen LogP contribution is 2.35. The molecule has 27 heavy (non-hydrogen) atoms. The molecule has 2 amide bonds. The summed E-state index contributed by atoms with van der Waals surface area (Å²) in [5, 5.41) is 5.77. The van der Waals surface area contributed by atoms with Crippen molar-refractivity contribution in [3.05, 3.63) is 68.2 Å². The van der Waals surface area contributed by atoms with Crippen LogP contribution in [0, 0.1) is 0 Å². The lowest BCUT2D eigenvalue weighted by molar-refractivity contribution is -0.123. The number of carbonyl (C=O) groups excluding carboxylic acids is 2. The molecule has 0 bridgehead atoms. The Labute approximate surface area is 175 Å². The zero-order valence-corrected chi connectivity index (χ0v) is 16.6. The van der Waals surface area contributed by atoms with Crippen LogP contribution in [0.5, 0.6) is 5.75 Å². The van der Waals surface area contributed by atoms with Gasteiger partial charge in [0.2, 0.25) is 0 Å². The molecule has 2 aromatic carbocycles. The third-order valence-electron chi connectivity index (χ3n) is 3.61. The van der Waals surface area contributed by atoms with Crippen LogP contribution < -0.4 is 15.4 Å². The zero-order valence-electron chi connectivity index (χ0n) is 13.5. The molecule has 9 heteroatoms. The second-order valence-electron chi connectivity index (χ2n) is 5.48. The van der Waals surface area contributed by atoms with Crippen molar-refractivity contribution in [1.82, 2.24) is 10.6 Å². The first-order valence-corrected chi connectivity index (χ1v) is 9.13. The van der Waals surface area contributed by atoms with E-state index in [0.717, 1.165) is 5.56 Å². The van der Waals surface area contributed by atoms with Gasteiger partial charge in [-0.2, -0.15) is 0 Å². The van der Waals surface area contributed by atoms with Crippen LogP contribution in [-0.4, -0.2) is 16.9 Å². The summed E-state index contributed by atoms with van der Waals surface area (Å²) >= 11 is 23.2. The van der Waals surface area contributed by atoms with E-state index in [0.29, 0.717) is 15.6 Å². The molecular formula is C18H11Cl3N2O3S. The molecule has 0 spiro atoms. The van der Waals surface area contributed by atoms with Crippen LogP contribution in [-0.2, 0) is 16.2 Å². The van der Waals surface area contributed by atoms with Crippen molar-refractivity contribution in [1.29, 1.82) is 0 Å². The first kappa shape index (κ1) is 19.6. The summed E-state index contributed by atoms with van der Waals surface area (Å²) in [5.74, 6) is -0.990. The minimum atomic E-state index is -0.628. The largest absolute Gasteiger partial charge is 0.487 e. The number of halogens is 3. The van der Waals surface area contributed by atoms with Crippen molar-refractivity contribution >= 4 is 70.0 Å². The minimum Gasteiger partial charge on any atom is -0.487 e. The molecule has 0 unspecified atom stereocenters. The summed E-state index contributed by atoms with van der Waals surface area (Å²) in [4.78, 5) is 24.1. The van der Waals surface area contributed by atoms with Gasteiger partial charge in [0, 0.05) is 21.2 Å². The maximum atomic E-state index is 12.1. The van der Waals surface area contributed by atoms with Crippen LogP contribution in [0.15, 0.2) is 42.0 Å². The molecule has 0 aromatic heterocycles. The van der Waals surface area contributed by atoms with E-state index in [2.05, 4.69) is 10.6 Å². The molecule has 1 fully saturated rings. The number of carbonyl (C=O) groups is 2. The zero-order chi connectivity index (χ0) is 19.6. The number of benzene rings is 2. The Morgan fingerprint density at radius 1 is 1.00 bits per heavy atom. The topological polar surface area (TPSA) is 67.4 Å². The van der Waals surface area contributed by atoms with E-state index in [1.54, 1.807) is 6.07 Å². The summed E-state index contributed by atoms with van der Waals surface area (Å²) in [6.07, 6.45) is 1.34. The number of amides is 2. The van der Waals surface area contributed by atoms with Gasteiger partial charge in [-0.25, -0.2) is 0 Å². The molecule has 0 radical (unpaired) electrons. The van der Waals surface area contributed by atoms with E-state index in [1.165, 1.54) is 18.2 Å². The maximum Gasteiger partial charge on any atom is 0.263 e. The van der Waals surface area contributed by atoms with Gasteiger partial charge in [-0.3, -0.25) is 20.2 Å². The van der Waals surface area contributed by atoms with Gasteiger partial charge in [0.1, 0.15) is 17.9 Å². The van der Waals surface area contributed by atoms with E-state index in [-0.39, 0.29) is 28.1 Å². The van der Waals surface area contributed by atoms with Gasteiger partial charge < -0.3 is 4.74 Å². The van der Waals surface area contributed by atoms with E-state index in [1.807, 2.05) is 18.2 Å². The summed E-state index contributed by atoms with van der Waals surface area (Å²) in [5.41, 5.74) is 0.972. The SMILES string of the molecule is O=C1NC(=S)NC(=O)C1=Cc1cc(Cl)cc(Cl)c1OCc1ccccc1Cl. The van der Waals surface area contributed by atoms with Crippen LogP contribution in [0.25, 0.3) is 6.08 Å². The summed E-state index contributed by atoms with van der Waals surface area (Å²) in [6.45, 7) is 0.139. The second kappa shape index (κ2) is 8.27. The third-order valence-corrected chi connectivity index (χ3v) is 4.68. The van der Waals surface area contributed by atoms with Gasteiger partial charge in [0.05, 0.1) is 5.02 Å². The fourth-order valence-corrected chi connectivity index (χ4v) is 3.31. The molecule has 5 nitrogen and oxygen atoms in total. The fourth-order valence-electron chi connectivity index (χ4n) is 2.37. The van der Waals surface area contributed by atoms with Gasteiger partial charge in [-0.05, 0) is 36.5 Å². The molecule has 0 saturated carbocycles. The first-order valence-electron chi connectivity index (χ1n) is 7.59. The van der Waals surface area contributed by atoms with Crippen molar-refractivity contribution in [2.45, 2.75) is 6.61 Å². The van der Waals surface area contributed by atoms with Crippen molar-refractivity contribution in [3.63, 3.8) is 0 Å². The van der Waals surface area contributed by atoms with Gasteiger partial charge in [-0.15, -0.1) is 0 Å². The fraction of sp³-hybridized carbons (Fsp3) is 0.0556.